The molecule has 4 aromatic rings. The van der Waals surface area contributed by atoms with E-state index in [2.05, 4.69) is 19.9 Å². The number of carbonyl (C=O) groups excluding carboxylic acids is 2. The topological polar surface area (TPSA) is 135 Å². The molecule has 1 aliphatic heterocycles. The second-order valence-corrected chi connectivity index (χ2v) is 12.5. The van der Waals surface area contributed by atoms with Crippen molar-refractivity contribution < 1.29 is 31.9 Å². The molecule has 1 atom stereocenters. The van der Waals surface area contributed by atoms with Gasteiger partial charge in [-0.1, -0.05) is 6.92 Å². The van der Waals surface area contributed by atoms with Crippen LogP contribution in [0.15, 0.2) is 48.9 Å². The molecule has 14 heteroatoms. The summed E-state index contributed by atoms with van der Waals surface area (Å²) in [5.41, 5.74) is -0.198. The number of amides is 1. The molecule has 1 aromatic carbocycles. The zero-order valence-electron chi connectivity index (χ0n) is 25.3. The van der Waals surface area contributed by atoms with Gasteiger partial charge < -0.3 is 24.1 Å². The zero-order chi connectivity index (χ0) is 32.5. The fraction of sp³-hybridized carbons (Fsp3) is 0.355. The minimum Gasteiger partial charge on any atom is -0.755 e. The Morgan fingerprint density at radius 3 is 2.40 bits per heavy atom. The van der Waals surface area contributed by atoms with E-state index < -0.39 is 45.5 Å². The molecule has 45 heavy (non-hydrogen) atoms. The number of H-pyrrole nitrogens is 1. The fourth-order valence-electron chi connectivity index (χ4n) is 5.09. The minimum absolute atomic E-state index is 0.0213. The Hall–Kier alpha value is -4.43. The third kappa shape index (κ3) is 6.81. The van der Waals surface area contributed by atoms with Crippen LogP contribution in [0.4, 0.5) is 25.1 Å². The van der Waals surface area contributed by atoms with Crippen LogP contribution in [0.2, 0.25) is 0 Å². The monoisotopic (exact) mass is 639 g/mol. The van der Waals surface area contributed by atoms with Gasteiger partial charge in [0.05, 0.1) is 11.3 Å². The maximum Gasteiger partial charge on any atom is 0.410 e. The molecule has 1 amide bonds. The summed E-state index contributed by atoms with van der Waals surface area (Å²) in [6, 6.07) is 7.26. The average Bonchev–Trinajstić information content (AvgIpc) is 3.43. The summed E-state index contributed by atoms with van der Waals surface area (Å²) in [5, 5.41) is 0.335. The van der Waals surface area contributed by atoms with Crippen LogP contribution in [0.25, 0.3) is 22.2 Å². The standard InChI is InChI=1S/C31H34F2N6O5S/c1-5-10-39(45(42)43)24-8-7-23(32)26(27(24)33)28(40)22-18-36-29-21(22)15-20(17-35-29)19-6-9-25(34-16-19)37-11-13-38(14-12-37)30(41)44-31(2,3)4/h6-9,15-18H,5,10-14H2,1-4H3,(H,35,36)(H,42,43)/p-1. The number of rotatable bonds is 8. The average molecular weight is 640 g/mol. The van der Waals surface area contributed by atoms with Crippen molar-refractivity contribution in [1.82, 2.24) is 19.9 Å². The largest absolute Gasteiger partial charge is 0.755 e. The quantitative estimate of drug-likeness (QED) is 0.205. The lowest BCUT2D eigenvalue weighted by Crippen LogP contribution is -2.50. The van der Waals surface area contributed by atoms with E-state index in [1.807, 2.05) is 32.9 Å². The molecule has 11 nitrogen and oxygen atoms in total. The lowest BCUT2D eigenvalue weighted by molar-refractivity contribution is 0.0240. The number of ketones is 1. The Balaban J connectivity index is 1.37. The van der Waals surface area contributed by atoms with Crippen molar-refractivity contribution in [1.29, 1.82) is 0 Å². The molecule has 0 spiro atoms. The summed E-state index contributed by atoms with van der Waals surface area (Å²) in [4.78, 5) is 41.5. The Labute approximate surface area is 261 Å². The first kappa shape index (κ1) is 32.0. The summed E-state index contributed by atoms with van der Waals surface area (Å²) in [7, 11) is 0. The van der Waals surface area contributed by atoms with Crippen LogP contribution < -0.4 is 9.21 Å². The second-order valence-electron chi connectivity index (χ2n) is 11.6. The van der Waals surface area contributed by atoms with E-state index >= 15 is 4.39 Å². The molecule has 1 unspecified atom stereocenters. The lowest BCUT2D eigenvalue weighted by Gasteiger charge is -2.36. The van der Waals surface area contributed by atoms with E-state index in [1.54, 1.807) is 30.3 Å². The normalized spacial score (nSPS) is 14.5. The van der Waals surface area contributed by atoms with Gasteiger partial charge in [0, 0.05) is 84.7 Å². The maximum atomic E-state index is 15.5. The smallest absolute Gasteiger partial charge is 0.410 e. The molecular weight excluding hydrogens is 606 g/mol. The first-order valence-electron chi connectivity index (χ1n) is 14.4. The highest BCUT2D eigenvalue weighted by Crippen LogP contribution is 2.31. The number of fused-ring (bicyclic) bond motifs is 1. The predicted molar refractivity (Wildman–Crippen MR) is 166 cm³/mol. The van der Waals surface area contributed by atoms with Crippen LogP contribution in [0.3, 0.4) is 0 Å². The molecule has 0 saturated carbocycles. The van der Waals surface area contributed by atoms with Crippen LogP contribution in [-0.2, 0) is 16.0 Å². The highest BCUT2D eigenvalue weighted by atomic mass is 32.2. The van der Waals surface area contributed by atoms with E-state index in [0.717, 1.165) is 22.3 Å². The molecule has 1 aliphatic rings. The Bertz CT molecular complexity index is 1750. The highest BCUT2D eigenvalue weighted by Gasteiger charge is 2.28. The van der Waals surface area contributed by atoms with Crippen molar-refractivity contribution in [2.45, 2.75) is 39.7 Å². The number of nitrogens with zero attached hydrogens (tertiary/aromatic N) is 5. The Morgan fingerprint density at radius 2 is 1.78 bits per heavy atom. The zero-order valence-corrected chi connectivity index (χ0v) is 26.1. The molecule has 0 aliphatic carbocycles. The van der Waals surface area contributed by atoms with Crippen molar-refractivity contribution in [3.05, 3.63) is 71.7 Å². The van der Waals surface area contributed by atoms with Crippen LogP contribution in [0.1, 0.15) is 50.0 Å². The minimum atomic E-state index is -2.82. The van der Waals surface area contributed by atoms with Crippen molar-refractivity contribution in [3.8, 4) is 11.1 Å². The number of anilines is 2. The van der Waals surface area contributed by atoms with Gasteiger partial charge in [0.1, 0.15) is 22.9 Å². The number of aromatic amines is 1. The van der Waals surface area contributed by atoms with Gasteiger partial charge in [-0.3, -0.25) is 13.3 Å². The van der Waals surface area contributed by atoms with Crippen molar-refractivity contribution in [3.63, 3.8) is 0 Å². The maximum absolute atomic E-state index is 15.5. The first-order valence-corrected chi connectivity index (χ1v) is 15.5. The predicted octanol–water partition coefficient (Wildman–Crippen LogP) is 5.20. The Kier molecular flexibility index (Phi) is 9.16. The number of carbonyl (C=O) groups is 2. The van der Waals surface area contributed by atoms with Crippen LogP contribution >= 0.6 is 0 Å². The summed E-state index contributed by atoms with van der Waals surface area (Å²) >= 11 is -2.82. The SMILES string of the molecule is CCCN(c1ccc(F)c(C(=O)c2c[nH]c3ncc(-c4ccc(N5CCN(C(=O)OC(C)(C)C)CC5)nc4)cc23)c1F)S(=O)[O-]. The van der Waals surface area contributed by atoms with Gasteiger partial charge >= 0.3 is 6.09 Å². The van der Waals surface area contributed by atoms with Crippen LogP contribution in [-0.4, -0.2) is 78.8 Å². The van der Waals surface area contributed by atoms with Crippen LogP contribution in [0, 0.1) is 11.6 Å². The molecule has 238 valence electrons. The van der Waals surface area contributed by atoms with Crippen molar-refractivity contribution in [2.75, 3.05) is 41.9 Å². The van der Waals surface area contributed by atoms with Gasteiger partial charge in [-0.05, 0) is 57.5 Å². The number of pyridine rings is 2. The number of ether oxygens (including phenoxy) is 1. The molecule has 1 saturated heterocycles. The third-order valence-electron chi connectivity index (χ3n) is 7.29. The van der Waals surface area contributed by atoms with Gasteiger partial charge in [0.15, 0.2) is 5.82 Å². The van der Waals surface area contributed by atoms with E-state index in [9.17, 15) is 22.7 Å². The molecule has 1 N–H and O–H groups in total. The molecule has 0 radical (unpaired) electrons. The van der Waals surface area contributed by atoms with E-state index in [4.69, 9.17) is 4.74 Å². The molecule has 3 aromatic heterocycles. The third-order valence-corrected chi connectivity index (χ3v) is 8.02. The fourth-order valence-corrected chi connectivity index (χ4v) is 5.73. The first-order chi connectivity index (χ1) is 21.4. The van der Waals surface area contributed by atoms with Gasteiger partial charge in [-0.25, -0.2) is 23.5 Å². The van der Waals surface area contributed by atoms with E-state index in [1.165, 1.54) is 6.20 Å². The molecule has 1 fully saturated rings. The number of aromatic nitrogens is 3. The van der Waals surface area contributed by atoms with Crippen LogP contribution in [0.5, 0.6) is 0 Å². The number of hydrogen-bond donors (Lipinski definition) is 1. The highest BCUT2D eigenvalue weighted by molar-refractivity contribution is 7.80. The number of nitrogens with one attached hydrogen (secondary N) is 1. The van der Waals surface area contributed by atoms with Crippen molar-refractivity contribution >= 4 is 45.7 Å². The second kappa shape index (κ2) is 12.9. The summed E-state index contributed by atoms with van der Waals surface area (Å²) < 4.78 is 60.1. The molecule has 5 rings (SSSR count). The lowest BCUT2D eigenvalue weighted by atomic mass is 10.00. The van der Waals surface area contributed by atoms with Gasteiger partial charge in [0.2, 0.25) is 5.78 Å². The number of halogens is 2. The summed E-state index contributed by atoms with van der Waals surface area (Å²) in [6.07, 6.45) is 4.62. The van der Waals surface area contributed by atoms with Gasteiger partial charge in [-0.15, -0.1) is 0 Å². The summed E-state index contributed by atoms with van der Waals surface area (Å²) in [6.45, 7) is 9.33. The molecular formula is C31H33F2N6O5S-. The molecule has 0 bridgehead atoms. The Morgan fingerprint density at radius 1 is 1.07 bits per heavy atom. The van der Waals surface area contributed by atoms with E-state index in [-0.39, 0.29) is 18.2 Å². The van der Waals surface area contributed by atoms with Crippen molar-refractivity contribution in [2.24, 2.45) is 0 Å². The number of hydrogen-bond acceptors (Lipinski definition) is 8. The number of benzene rings is 1. The molecule has 4 heterocycles. The van der Waals surface area contributed by atoms with Gasteiger partial charge in [-0.2, -0.15) is 0 Å². The summed E-state index contributed by atoms with van der Waals surface area (Å²) in [5.74, 6) is -2.59. The number of piperazine rings is 1. The van der Waals surface area contributed by atoms with Gasteiger partial charge in [0.25, 0.3) is 0 Å². The van der Waals surface area contributed by atoms with E-state index in [0.29, 0.717) is 54.8 Å².